The summed E-state index contributed by atoms with van der Waals surface area (Å²) in [5.41, 5.74) is 0.140. The Morgan fingerprint density at radius 1 is 1.29 bits per heavy atom. The quantitative estimate of drug-likeness (QED) is 0.652. The van der Waals surface area contributed by atoms with Crippen molar-refractivity contribution in [3.05, 3.63) is 34.3 Å². The van der Waals surface area contributed by atoms with Gasteiger partial charge in [-0.25, -0.2) is 4.79 Å². The molecule has 0 bridgehead atoms. The van der Waals surface area contributed by atoms with Crippen LogP contribution in [0.3, 0.4) is 0 Å². The van der Waals surface area contributed by atoms with Crippen LogP contribution in [0.15, 0.2) is 28.7 Å². The summed E-state index contributed by atoms with van der Waals surface area (Å²) < 4.78 is 6.04. The van der Waals surface area contributed by atoms with Gasteiger partial charge in [0.15, 0.2) is 0 Å². The van der Waals surface area contributed by atoms with Gasteiger partial charge in [-0.05, 0) is 37.5 Å². The summed E-state index contributed by atoms with van der Waals surface area (Å²) >= 11 is 3.48. The zero-order valence-corrected chi connectivity index (χ0v) is 14.4. The molecule has 3 nitrogen and oxygen atoms in total. The molecule has 4 heteroatoms. The Hall–Kier alpha value is -0.870. The minimum absolute atomic E-state index is 0.232. The molecule has 1 aromatic rings. The molecule has 0 spiro atoms. The predicted molar refractivity (Wildman–Crippen MR) is 88.1 cm³/mol. The molecule has 1 aromatic carbocycles. The number of benzene rings is 1. The number of methoxy groups -OCH3 is 1. The molecule has 0 radical (unpaired) electrons. The van der Waals surface area contributed by atoms with Gasteiger partial charge in [-0.1, -0.05) is 53.7 Å². The summed E-state index contributed by atoms with van der Waals surface area (Å²) in [4.78, 5) is 12.4. The lowest BCUT2D eigenvalue weighted by Crippen LogP contribution is -2.51. The Balaban J connectivity index is 2.26. The highest BCUT2D eigenvalue weighted by Crippen LogP contribution is 2.28. The molecule has 1 atom stereocenters. The second-order valence-corrected chi connectivity index (χ2v) is 6.88. The van der Waals surface area contributed by atoms with Crippen LogP contribution in [0.5, 0.6) is 0 Å². The van der Waals surface area contributed by atoms with Crippen LogP contribution >= 0.6 is 15.9 Å². The molecule has 2 rings (SSSR count). The van der Waals surface area contributed by atoms with Gasteiger partial charge in [0, 0.05) is 10.5 Å². The summed E-state index contributed by atoms with van der Waals surface area (Å²) in [5, 5.41) is 3.57. The lowest BCUT2D eigenvalue weighted by Gasteiger charge is -2.33. The molecule has 0 saturated heterocycles. The van der Waals surface area contributed by atoms with E-state index in [-0.39, 0.29) is 5.97 Å². The van der Waals surface area contributed by atoms with Gasteiger partial charge in [0.1, 0.15) is 5.54 Å². The Kier molecular flexibility index (Phi) is 5.82. The summed E-state index contributed by atoms with van der Waals surface area (Å²) in [7, 11) is 1.45. The normalized spacial score (nSPS) is 19.6. The van der Waals surface area contributed by atoms with Crippen molar-refractivity contribution in [2.45, 2.75) is 57.0 Å². The first kappa shape index (κ1) is 16.5. The van der Waals surface area contributed by atoms with Crippen molar-refractivity contribution in [1.82, 2.24) is 5.32 Å². The Morgan fingerprint density at radius 2 is 1.95 bits per heavy atom. The van der Waals surface area contributed by atoms with Crippen LogP contribution in [0.1, 0.15) is 51.0 Å². The highest BCUT2D eigenvalue weighted by molar-refractivity contribution is 9.10. The highest BCUT2D eigenvalue weighted by Gasteiger charge is 2.38. The molecular formula is C17H24BrNO2. The summed E-state index contributed by atoms with van der Waals surface area (Å²) in [6, 6.07) is 8.25. The van der Waals surface area contributed by atoms with Crippen LogP contribution in [0.2, 0.25) is 0 Å². The third-order valence-electron chi connectivity index (χ3n) is 4.34. The molecule has 1 fully saturated rings. The maximum Gasteiger partial charge on any atom is 0.330 e. The van der Waals surface area contributed by atoms with Crippen LogP contribution in [0.4, 0.5) is 0 Å². The van der Waals surface area contributed by atoms with Crippen molar-refractivity contribution in [2.75, 3.05) is 7.11 Å². The first-order valence-corrected chi connectivity index (χ1v) is 8.48. The number of carbonyl (C=O) groups excluding carboxylic acids is 1. The minimum atomic E-state index is -0.798. The zero-order valence-electron chi connectivity index (χ0n) is 12.8. The van der Waals surface area contributed by atoms with Gasteiger partial charge < -0.3 is 4.74 Å². The van der Waals surface area contributed by atoms with Crippen LogP contribution < -0.4 is 5.32 Å². The lowest BCUT2D eigenvalue weighted by molar-refractivity contribution is -0.148. The molecule has 1 N–H and O–H groups in total. The number of hydrogen-bond donors (Lipinski definition) is 1. The number of esters is 1. The molecule has 1 aliphatic rings. The third-order valence-corrected chi connectivity index (χ3v) is 4.84. The molecule has 21 heavy (non-hydrogen) atoms. The van der Waals surface area contributed by atoms with E-state index in [1.165, 1.54) is 32.8 Å². The number of nitrogens with one attached hydrogen (secondary N) is 1. The van der Waals surface area contributed by atoms with Gasteiger partial charge in [-0.3, -0.25) is 5.32 Å². The third kappa shape index (κ3) is 4.07. The van der Waals surface area contributed by atoms with E-state index in [4.69, 9.17) is 4.74 Å². The van der Waals surface area contributed by atoms with Crippen LogP contribution in [0.25, 0.3) is 0 Å². The fourth-order valence-corrected chi connectivity index (χ4v) is 3.49. The minimum Gasteiger partial charge on any atom is -0.467 e. The standard InChI is InChI=1S/C17H24BrNO2/c1-17(16(20)21-2,13-8-7-9-14(18)12-13)19-15-10-5-3-4-6-11-15/h7-9,12,15,19H,3-6,10-11H2,1-2H3. The van der Waals surface area contributed by atoms with E-state index < -0.39 is 5.54 Å². The summed E-state index contributed by atoms with van der Waals surface area (Å²) in [5.74, 6) is -0.232. The monoisotopic (exact) mass is 353 g/mol. The SMILES string of the molecule is COC(=O)C(C)(NC1CCCCCC1)c1cccc(Br)c1. The molecule has 1 aliphatic carbocycles. The maximum atomic E-state index is 12.4. The van der Waals surface area contributed by atoms with Crippen molar-refractivity contribution in [1.29, 1.82) is 0 Å². The van der Waals surface area contributed by atoms with Crippen molar-refractivity contribution >= 4 is 21.9 Å². The van der Waals surface area contributed by atoms with Crippen LogP contribution in [-0.2, 0) is 15.1 Å². The zero-order chi connectivity index (χ0) is 15.3. The van der Waals surface area contributed by atoms with Crippen molar-refractivity contribution in [3.8, 4) is 0 Å². The van der Waals surface area contributed by atoms with Gasteiger partial charge in [-0.2, -0.15) is 0 Å². The number of rotatable bonds is 4. The Bertz CT molecular complexity index is 483. The largest absolute Gasteiger partial charge is 0.467 e. The van der Waals surface area contributed by atoms with Crippen LogP contribution in [0, 0.1) is 0 Å². The number of ether oxygens (including phenoxy) is 1. The second kappa shape index (κ2) is 7.41. The molecule has 116 valence electrons. The molecule has 0 aromatic heterocycles. The molecule has 1 saturated carbocycles. The van der Waals surface area contributed by atoms with Gasteiger partial charge in [0.05, 0.1) is 7.11 Å². The summed E-state index contributed by atoms with van der Waals surface area (Å²) in [6.07, 6.45) is 7.30. The number of hydrogen-bond acceptors (Lipinski definition) is 3. The smallest absolute Gasteiger partial charge is 0.330 e. The first-order valence-electron chi connectivity index (χ1n) is 7.68. The van der Waals surface area contributed by atoms with Crippen molar-refractivity contribution < 1.29 is 9.53 Å². The fourth-order valence-electron chi connectivity index (χ4n) is 3.10. The van der Waals surface area contributed by atoms with Crippen LogP contribution in [-0.4, -0.2) is 19.1 Å². The molecule has 0 amide bonds. The topological polar surface area (TPSA) is 38.3 Å². The van der Waals surface area contributed by atoms with Gasteiger partial charge >= 0.3 is 5.97 Å². The Morgan fingerprint density at radius 3 is 2.52 bits per heavy atom. The first-order chi connectivity index (χ1) is 10.1. The van der Waals surface area contributed by atoms with E-state index >= 15 is 0 Å². The average molecular weight is 354 g/mol. The van der Waals surface area contributed by atoms with Crippen molar-refractivity contribution in [2.24, 2.45) is 0 Å². The molecule has 1 unspecified atom stereocenters. The predicted octanol–water partition coefficient (Wildman–Crippen LogP) is 4.15. The van der Waals surface area contributed by atoms with E-state index in [0.29, 0.717) is 6.04 Å². The van der Waals surface area contributed by atoms with Crippen molar-refractivity contribution in [3.63, 3.8) is 0 Å². The average Bonchev–Trinajstić information content (AvgIpc) is 2.74. The van der Waals surface area contributed by atoms with Gasteiger partial charge in [0.2, 0.25) is 0 Å². The summed E-state index contributed by atoms with van der Waals surface area (Å²) in [6.45, 7) is 1.92. The number of halogens is 1. The van der Waals surface area contributed by atoms with Gasteiger partial charge in [0.25, 0.3) is 0 Å². The second-order valence-electron chi connectivity index (χ2n) is 5.96. The Labute approximate surface area is 135 Å². The maximum absolute atomic E-state index is 12.4. The molecule has 0 heterocycles. The number of carbonyl (C=O) groups is 1. The molecule has 0 aliphatic heterocycles. The highest BCUT2D eigenvalue weighted by atomic mass is 79.9. The lowest BCUT2D eigenvalue weighted by atomic mass is 9.90. The van der Waals surface area contributed by atoms with E-state index in [1.54, 1.807) is 0 Å². The van der Waals surface area contributed by atoms with E-state index in [2.05, 4.69) is 21.2 Å². The van der Waals surface area contributed by atoms with E-state index in [9.17, 15) is 4.79 Å². The molecular weight excluding hydrogens is 330 g/mol. The van der Waals surface area contributed by atoms with Gasteiger partial charge in [-0.15, -0.1) is 0 Å². The van der Waals surface area contributed by atoms with E-state index in [0.717, 1.165) is 22.9 Å². The van der Waals surface area contributed by atoms with E-state index in [1.807, 2.05) is 31.2 Å². The fraction of sp³-hybridized carbons (Fsp3) is 0.588.